The van der Waals surface area contributed by atoms with E-state index in [9.17, 15) is 4.79 Å². The van der Waals surface area contributed by atoms with Crippen molar-refractivity contribution in [2.75, 3.05) is 6.61 Å². The van der Waals surface area contributed by atoms with Crippen molar-refractivity contribution >= 4 is 35.3 Å². The van der Waals surface area contributed by atoms with Crippen molar-refractivity contribution in [3.8, 4) is 17.0 Å². The lowest BCUT2D eigenvalue weighted by molar-refractivity contribution is 0.0950. The van der Waals surface area contributed by atoms with Crippen molar-refractivity contribution in [3.05, 3.63) is 69.8 Å². The second kappa shape index (κ2) is 13.0. The number of aromatic nitrogens is 2. The van der Waals surface area contributed by atoms with E-state index in [1.807, 2.05) is 24.3 Å². The van der Waals surface area contributed by atoms with Crippen LogP contribution in [0.5, 0.6) is 5.75 Å². The molecule has 3 rings (SSSR count). The number of unbranched alkanes of at least 4 members (excludes halogenated alkanes) is 5. The zero-order chi connectivity index (χ0) is 23.5. The number of carbonyl (C=O) groups excluding carboxylic acids is 1. The molecule has 0 aliphatic carbocycles. The maximum Gasteiger partial charge on any atom is 0.289 e. The van der Waals surface area contributed by atoms with Crippen LogP contribution in [-0.2, 0) is 0 Å². The number of nitrogens with zero attached hydrogens (tertiary/aromatic N) is 2. The molecule has 0 aliphatic heterocycles. The van der Waals surface area contributed by atoms with Crippen LogP contribution in [0.2, 0.25) is 10.0 Å². The first-order valence-corrected chi connectivity index (χ1v) is 11.9. The number of hydrogen-bond donors (Lipinski definition) is 2. The molecule has 0 unspecified atom stereocenters. The number of halogens is 2. The van der Waals surface area contributed by atoms with E-state index in [0.717, 1.165) is 24.3 Å². The van der Waals surface area contributed by atoms with E-state index in [1.54, 1.807) is 24.3 Å². The lowest BCUT2D eigenvalue weighted by atomic mass is 10.1. The van der Waals surface area contributed by atoms with Crippen molar-refractivity contribution in [1.82, 2.24) is 15.6 Å². The van der Waals surface area contributed by atoms with Gasteiger partial charge in [0.1, 0.15) is 11.4 Å². The first kappa shape index (κ1) is 24.8. The van der Waals surface area contributed by atoms with Crippen LogP contribution >= 0.6 is 23.2 Å². The summed E-state index contributed by atoms with van der Waals surface area (Å²) in [7, 11) is 0. The zero-order valence-corrected chi connectivity index (χ0v) is 20.1. The molecule has 1 heterocycles. The van der Waals surface area contributed by atoms with Gasteiger partial charge in [-0.05, 0) is 48.9 Å². The highest BCUT2D eigenvalue weighted by atomic mass is 35.5. The molecule has 0 bridgehead atoms. The van der Waals surface area contributed by atoms with Gasteiger partial charge in [-0.3, -0.25) is 9.89 Å². The lowest BCUT2D eigenvalue weighted by Crippen LogP contribution is -2.18. The fourth-order valence-electron chi connectivity index (χ4n) is 3.21. The van der Waals surface area contributed by atoms with Gasteiger partial charge in [0, 0.05) is 16.1 Å². The third-order valence-corrected chi connectivity index (χ3v) is 5.63. The molecule has 174 valence electrons. The maximum atomic E-state index is 12.3. The van der Waals surface area contributed by atoms with E-state index in [-0.39, 0.29) is 0 Å². The van der Waals surface area contributed by atoms with E-state index < -0.39 is 5.91 Å². The van der Waals surface area contributed by atoms with E-state index in [1.165, 1.54) is 38.3 Å². The molecule has 6 nitrogen and oxygen atoms in total. The van der Waals surface area contributed by atoms with Crippen LogP contribution in [0.25, 0.3) is 11.3 Å². The van der Waals surface area contributed by atoms with Gasteiger partial charge in [0.2, 0.25) is 0 Å². The van der Waals surface area contributed by atoms with Crippen LogP contribution in [-0.4, -0.2) is 28.9 Å². The number of carbonyl (C=O) groups is 1. The Balaban J connectivity index is 1.48. The Hall–Kier alpha value is -2.83. The maximum absolute atomic E-state index is 12.3. The van der Waals surface area contributed by atoms with Gasteiger partial charge in [-0.1, -0.05) is 68.3 Å². The summed E-state index contributed by atoms with van der Waals surface area (Å²) in [5, 5.41) is 11.9. The molecule has 0 aliphatic rings. The van der Waals surface area contributed by atoms with E-state index in [0.29, 0.717) is 27.0 Å². The topological polar surface area (TPSA) is 79.4 Å². The molecule has 3 aromatic rings. The number of hydrazone groups is 1. The minimum Gasteiger partial charge on any atom is -0.494 e. The second-order valence-electron chi connectivity index (χ2n) is 7.67. The molecule has 2 N–H and O–H groups in total. The molecule has 8 heteroatoms. The molecule has 1 aromatic heterocycles. The first-order chi connectivity index (χ1) is 16.1. The highest BCUT2D eigenvalue weighted by Crippen LogP contribution is 2.22. The van der Waals surface area contributed by atoms with Gasteiger partial charge in [-0.25, -0.2) is 5.43 Å². The quantitative estimate of drug-likeness (QED) is 0.166. The summed E-state index contributed by atoms with van der Waals surface area (Å²) in [6.45, 7) is 2.95. The van der Waals surface area contributed by atoms with E-state index in [2.05, 4.69) is 27.6 Å². The third kappa shape index (κ3) is 7.91. The number of aromatic amines is 1. The van der Waals surface area contributed by atoms with Crippen molar-refractivity contribution in [2.24, 2.45) is 5.10 Å². The average Bonchev–Trinajstić information content (AvgIpc) is 3.31. The summed E-state index contributed by atoms with van der Waals surface area (Å²) in [6, 6.07) is 14.4. The molecule has 0 spiro atoms. The summed E-state index contributed by atoms with van der Waals surface area (Å²) >= 11 is 12.0. The minimum absolute atomic E-state index is 0.299. The van der Waals surface area contributed by atoms with Gasteiger partial charge < -0.3 is 4.74 Å². The van der Waals surface area contributed by atoms with Gasteiger partial charge in [0.05, 0.1) is 23.5 Å². The molecule has 2 aromatic carbocycles. The normalized spacial score (nSPS) is 11.1. The Morgan fingerprint density at radius 2 is 1.82 bits per heavy atom. The van der Waals surface area contributed by atoms with Gasteiger partial charge in [0.25, 0.3) is 5.91 Å². The fraction of sp³-hybridized carbons (Fsp3) is 0.320. The first-order valence-electron chi connectivity index (χ1n) is 11.1. The molecule has 0 saturated carbocycles. The Labute approximate surface area is 204 Å². The Bertz CT molecular complexity index is 1060. The zero-order valence-electron chi connectivity index (χ0n) is 18.6. The van der Waals surface area contributed by atoms with Crippen LogP contribution in [0.1, 0.15) is 61.5 Å². The Morgan fingerprint density at radius 3 is 2.58 bits per heavy atom. The van der Waals surface area contributed by atoms with Crippen LogP contribution in [0.15, 0.2) is 53.6 Å². The van der Waals surface area contributed by atoms with Crippen LogP contribution in [0.4, 0.5) is 0 Å². The summed E-state index contributed by atoms with van der Waals surface area (Å²) in [4.78, 5) is 12.3. The van der Waals surface area contributed by atoms with Gasteiger partial charge in [-0.15, -0.1) is 0 Å². The number of ether oxygens (including phenoxy) is 1. The van der Waals surface area contributed by atoms with Crippen molar-refractivity contribution < 1.29 is 9.53 Å². The van der Waals surface area contributed by atoms with E-state index in [4.69, 9.17) is 27.9 Å². The van der Waals surface area contributed by atoms with Crippen LogP contribution < -0.4 is 10.2 Å². The van der Waals surface area contributed by atoms with Crippen molar-refractivity contribution in [1.29, 1.82) is 0 Å². The number of rotatable bonds is 12. The average molecular weight is 487 g/mol. The number of hydrogen-bond acceptors (Lipinski definition) is 4. The Morgan fingerprint density at radius 1 is 1.06 bits per heavy atom. The summed E-state index contributed by atoms with van der Waals surface area (Å²) in [5.74, 6) is 0.421. The van der Waals surface area contributed by atoms with Crippen molar-refractivity contribution in [2.45, 2.75) is 45.4 Å². The molecule has 0 radical (unpaired) electrons. The number of nitrogens with one attached hydrogen (secondary N) is 2. The van der Waals surface area contributed by atoms with Crippen LogP contribution in [0, 0.1) is 0 Å². The highest BCUT2D eigenvalue weighted by Gasteiger charge is 2.11. The van der Waals surface area contributed by atoms with Gasteiger partial charge in [0.15, 0.2) is 0 Å². The second-order valence-corrected chi connectivity index (χ2v) is 8.52. The number of H-pyrrole nitrogens is 1. The number of benzene rings is 2. The molecule has 0 fully saturated rings. The summed E-state index contributed by atoms with van der Waals surface area (Å²) in [5.41, 5.74) is 4.94. The third-order valence-electron chi connectivity index (χ3n) is 5.07. The van der Waals surface area contributed by atoms with Gasteiger partial charge >= 0.3 is 0 Å². The van der Waals surface area contributed by atoms with E-state index >= 15 is 0 Å². The Kier molecular flexibility index (Phi) is 9.78. The molecular weight excluding hydrogens is 459 g/mol. The molecular formula is C25H28Cl2N4O2. The SMILES string of the molecule is CCCCCCCCOc1ccc(-c2cc(C(=O)NN=Cc3ccc(Cl)cc3Cl)[nH]n2)cc1. The molecule has 1 amide bonds. The number of amides is 1. The lowest BCUT2D eigenvalue weighted by Gasteiger charge is -2.06. The standard InChI is InChI=1S/C25H28Cl2N4O2/c1-2-3-4-5-6-7-14-33-21-12-9-18(10-13-21)23-16-24(30-29-23)25(32)31-28-17-19-8-11-20(26)15-22(19)27/h8-13,15-17H,2-7,14H2,1H3,(H,29,30)(H,31,32). The molecule has 0 atom stereocenters. The predicted octanol–water partition coefficient (Wildman–Crippen LogP) is 6.89. The smallest absolute Gasteiger partial charge is 0.289 e. The summed E-state index contributed by atoms with van der Waals surface area (Å²) < 4.78 is 5.82. The molecule has 33 heavy (non-hydrogen) atoms. The van der Waals surface area contributed by atoms with Crippen LogP contribution in [0.3, 0.4) is 0 Å². The van der Waals surface area contributed by atoms with Gasteiger partial charge in [-0.2, -0.15) is 10.2 Å². The fourth-order valence-corrected chi connectivity index (χ4v) is 3.66. The summed E-state index contributed by atoms with van der Waals surface area (Å²) in [6.07, 6.45) is 8.87. The van der Waals surface area contributed by atoms with Crippen molar-refractivity contribution in [3.63, 3.8) is 0 Å². The minimum atomic E-state index is -0.408. The molecule has 0 saturated heterocycles. The monoisotopic (exact) mass is 486 g/mol. The highest BCUT2D eigenvalue weighted by molar-refractivity contribution is 6.36. The predicted molar refractivity (Wildman–Crippen MR) is 134 cm³/mol. The largest absolute Gasteiger partial charge is 0.494 e.